The number of nitrogens with one attached hydrogen (secondary N) is 2. The average molecular weight is 504 g/mol. The van der Waals surface area contributed by atoms with Crippen LogP contribution in [-0.4, -0.2) is 20.7 Å². The molecule has 33 heavy (non-hydrogen) atoms. The van der Waals surface area contributed by atoms with E-state index < -0.39 is 6.04 Å². The van der Waals surface area contributed by atoms with E-state index in [0.717, 1.165) is 10.0 Å². The average Bonchev–Trinajstić information content (AvgIpc) is 3.22. The summed E-state index contributed by atoms with van der Waals surface area (Å²) in [6, 6.07) is 22.6. The van der Waals surface area contributed by atoms with Gasteiger partial charge in [0.1, 0.15) is 11.9 Å². The van der Waals surface area contributed by atoms with Crippen molar-refractivity contribution >= 4 is 33.5 Å². The minimum absolute atomic E-state index is 0.236. The van der Waals surface area contributed by atoms with Crippen LogP contribution >= 0.6 is 15.9 Å². The van der Waals surface area contributed by atoms with Gasteiger partial charge in [-0.15, -0.1) is 5.10 Å². The van der Waals surface area contributed by atoms with E-state index in [2.05, 4.69) is 31.5 Å². The molecule has 0 aliphatic carbocycles. The highest BCUT2D eigenvalue weighted by molar-refractivity contribution is 9.10. The second-order valence-corrected chi connectivity index (χ2v) is 8.57. The Labute approximate surface area is 198 Å². The van der Waals surface area contributed by atoms with Crippen molar-refractivity contribution in [3.05, 3.63) is 106 Å². The van der Waals surface area contributed by atoms with Gasteiger partial charge in [0, 0.05) is 21.4 Å². The molecule has 0 spiro atoms. The van der Waals surface area contributed by atoms with Crippen LogP contribution < -0.4 is 10.6 Å². The molecule has 2 heterocycles. The van der Waals surface area contributed by atoms with Crippen LogP contribution in [-0.2, 0) is 4.79 Å². The standard InChI is InChI=1S/C25H19BrFN5O/c1-15-21(24(33)29-20-8-3-2-4-9-20)22(17-6-5-7-18(26)14-17)32-25(28-15)30-23(31-32)16-10-12-19(27)13-11-16/h2-14,22H,1H3,(H,29,33)(H,28,30,31). The van der Waals surface area contributed by atoms with Crippen LogP contribution in [0.2, 0.25) is 0 Å². The van der Waals surface area contributed by atoms with E-state index in [1.165, 1.54) is 12.1 Å². The van der Waals surface area contributed by atoms with Crippen LogP contribution in [0.25, 0.3) is 11.4 Å². The predicted molar refractivity (Wildman–Crippen MR) is 129 cm³/mol. The van der Waals surface area contributed by atoms with E-state index >= 15 is 0 Å². The van der Waals surface area contributed by atoms with Gasteiger partial charge in [0.05, 0.1) is 5.57 Å². The Hall–Kier alpha value is -3.78. The molecule has 1 unspecified atom stereocenters. The largest absolute Gasteiger partial charge is 0.328 e. The molecule has 2 N–H and O–H groups in total. The fraction of sp³-hybridized carbons (Fsp3) is 0.0800. The maximum absolute atomic E-state index is 13.4. The quantitative estimate of drug-likeness (QED) is 0.370. The molecule has 0 bridgehead atoms. The molecule has 0 fully saturated rings. The van der Waals surface area contributed by atoms with Gasteiger partial charge in [0.2, 0.25) is 5.95 Å². The molecular formula is C25H19BrFN5O. The molecule has 0 saturated heterocycles. The van der Waals surface area contributed by atoms with E-state index in [9.17, 15) is 9.18 Å². The van der Waals surface area contributed by atoms with Gasteiger partial charge in [-0.1, -0.05) is 46.3 Å². The minimum atomic E-state index is -0.510. The molecule has 6 nitrogen and oxygen atoms in total. The lowest BCUT2D eigenvalue weighted by atomic mass is 9.95. The van der Waals surface area contributed by atoms with Gasteiger partial charge in [-0.05, 0) is 61.0 Å². The number of para-hydroxylation sites is 1. The lowest BCUT2D eigenvalue weighted by Gasteiger charge is -2.28. The van der Waals surface area contributed by atoms with Crippen LogP contribution in [0.4, 0.5) is 16.0 Å². The lowest BCUT2D eigenvalue weighted by Crippen LogP contribution is -2.31. The minimum Gasteiger partial charge on any atom is -0.328 e. The fourth-order valence-electron chi connectivity index (χ4n) is 3.87. The molecule has 1 aliphatic rings. The SMILES string of the molecule is CC1=C(C(=O)Nc2ccccc2)C(c2cccc(Br)c2)n2nc(-c3ccc(F)cc3)nc2N1. The molecule has 0 radical (unpaired) electrons. The Morgan fingerprint density at radius 1 is 1.06 bits per heavy atom. The molecular weight excluding hydrogens is 485 g/mol. The van der Waals surface area contributed by atoms with Crippen LogP contribution in [0.5, 0.6) is 0 Å². The molecule has 0 saturated carbocycles. The number of halogens is 2. The second kappa shape index (κ2) is 8.63. The van der Waals surface area contributed by atoms with Gasteiger partial charge in [-0.3, -0.25) is 4.79 Å². The number of nitrogens with zero attached hydrogens (tertiary/aromatic N) is 3. The number of carbonyl (C=O) groups is 1. The zero-order valence-electron chi connectivity index (χ0n) is 17.6. The summed E-state index contributed by atoms with van der Waals surface area (Å²) in [5.41, 5.74) is 3.47. The maximum atomic E-state index is 13.4. The predicted octanol–water partition coefficient (Wildman–Crippen LogP) is 5.77. The van der Waals surface area contributed by atoms with Crippen molar-refractivity contribution in [2.75, 3.05) is 10.6 Å². The number of anilines is 2. The Morgan fingerprint density at radius 2 is 1.82 bits per heavy atom. The molecule has 5 rings (SSSR count). The summed E-state index contributed by atoms with van der Waals surface area (Å²) in [6.45, 7) is 1.85. The summed E-state index contributed by atoms with van der Waals surface area (Å²) in [5.74, 6) is 0.383. The van der Waals surface area contributed by atoms with E-state index in [-0.39, 0.29) is 11.7 Å². The summed E-state index contributed by atoms with van der Waals surface area (Å²) in [7, 11) is 0. The Morgan fingerprint density at radius 3 is 2.55 bits per heavy atom. The van der Waals surface area contributed by atoms with Crippen molar-refractivity contribution in [1.82, 2.24) is 14.8 Å². The summed E-state index contributed by atoms with van der Waals surface area (Å²) in [6.07, 6.45) is 0. The van der Waals surface area contributed by atoms with Crippen LogP contribution in [0.1, 0.15) is 18.5 Å². The summed E-state index contributed by atoms with van der Waals surface area (Å²) >= 11 is 3.53. The lowest BCUT2D eigenvalue weighted by molar-refractivity contribution is -0.113. The third-order valence-electron chi connectivity index (χ3n) is 5.40. The first-order valence-corrected chi connectivity index (χ1v) is 11.1. The molecule has 1 aliphatic heterocycles. The number of aromatic nitrogens is 3. The van der Waals surface area contributed by atoms with Gasteiger partial charge in [0.15, 0.2) is 5.82 Å². The molecule has 8 heteroatoms. The van der Waals surface area contributed by atoms with Crippen LogP contribution in [0, 0.1) is 5.82 Å². The van der Waals surface area contributed by atoms with E-state index in [0.29, 0.717) is 34.3 Å². The molecule has 1 amide bonds. The number of fused-ring (bicyclic) bond motifs is 1. The third-order valence-corrected chi connectivity index (χ3v) is 5.89. The van der Waals surface area contributed by atoms with E-state index in [1.807, 2.05) is 61.5 Å². The van der Waals surface area contributed by atoms with E-state index in [4.69, 9.17) is 5.10 Å². The summed E-state index contributed by atoms with van der Waals surface area (Å²) in [5, 5.41) is 10.9. The number of hydrogen-bond acceptors (Lipinski definition) is 4. The van der Waals surface area contributed by atoms with Crippen molar-refractivity contribution in [2.24, 2.45) is 0 Å². The topological polar surface area (TPSA) is 71.8 Å². The number of amides is 1. The number of rotatable bonds is 4. The monoisotopic (exact) mass is 503 g/mol. The highest BCUT2D eigenvalue weighted by atomic mass is 79.9. The molecule has 1 atom stereocenters. The van der Waals surface area contributed by atoms with Gasteiger partial charge in [-0.2, -0.15) is 4.98 Å². The van der Waals surface area contributed by atoms with Crippen LogP contribution in [0.3, 0.4) is 0 Å². The normalized spacial score (nSPS) is 15.1. The molecule has 164 valence electrons. The van der Waals surface area contributed by atoms with Crippen LogP contribution in [0.15, 0.2) is 94.6 Å². The zero-order valence-corrected chi connectivity index (χ0v) is 19.2. The third kappa shape index (κ3) is 4.17. The fourth-order valence-corrected chi connectivity index (χ4v) is 4.29. The highest BCUT2D eigenvalue weighted by Crippen LogP contribution is 2.37. The molecule has 3 aromatic carbocycles. The first-order valence-electron chi connectivity index (χ1n) is 10.3. The Balaban J connectivity index is 1.61. The van der Waals surface area contributed by atoms with Crippen molar-refractivity contribution in [3.63, 3.8) is 0 Å². The van der Waals surface area contributed by atoms with Crippen molar-refractivity contribution in [3.8, 4) is 11.4 Å². The molecule has 4 aromatic rings. The number of allylic oxidation sites excluding steroid dienone is 1. The van der Waals surface area contributed by atoms with Gasteiger partial charge in [-0.25, -0.2) is 9.07 Å². The molecule has 1 aromatic heterocycles. The first-order chi connectivity index (χ1) is 16.0. The number of hydrogen-bond donors (Lipinski definition) is 2. The number of benzene rings is 3. The first kappa shape index (κ1) is 21.1. The Bertz CT molecular complexity index is 1370. The van der Waals surface area contributed by atoms with Crippen molar-refractivity contribution in [2.45, 2.75) is 13.0 Å². The van der Waals surface area contributed by atoms with E-state index in [1.54, 1.807) is 16.8 Å². The van der Waals surface area contributed by atoms with Gasteiger partial charge in [0.25, 0.3) is 5.91 Å². The van der Waals surface area contributed by atoms with Gasteiger partial charge < -0.3 is 10.6 Å². The van der Waals surface area contributed by atoms with Crippen molar-refractivity contribution < 1.29 is 9.18 Å². The summed E-state index contributed by atoms with van der Waals surface area (Å²) < 4.78 is 16.0. The maximum Gasteiger partial charge on any atom is 0.255 e. The second-order valence-electron chi connectivity index (χ2n) is 7.65. The number of carbonyl (C=O) groups excluding carboxylic acids is 1. The Kier molecular flexibility index (Phi) is 5.51. The smallest absolute Gasteiger partial charge is 0.255 e. The van der Waals surface area contributed by atoms with Gasteiger partial charge >= 0.3 is 0 Å². The summed E-state index contributed by atoms with van der Waals surface area (Å²) in [4.78, 5) is 18.1. The zero-order chi connectivity index (χ0) is 22.9. The highest BCUT2D eigenvalue weighted by Gasteiger charge is 2.34. The van der Waals surface area contributed by atoms with Crippen molar-refractivity contribution in [1.29, 1.82) is 0 Å².